The predicted octanol–water partition coefficient (Wildman–Crippen LogP) is 2.27. The molecule has 0 aliphatic carbocycles. The van der Waals surface area contributed by atoms with Crippen molar-refractivity contribution in [2.45, 2.75) is 18.9 Å². The van der Waals surface area contributed by atoms with E-state index in [1.54, 1.807) is 12.5 Å². The first-order valence-electron chi connectivity index (χ1n) is 4.45. The van der Waals surface area contributed by atoms with Crippen molar-refractivity contribution in [1.29, 1.82) is 5.26 Å². The van der Waals surface area contributed by atoms with E-state index in [2.05, 4.69) is 6.07 Å². The summed E-state index contributed by atoms with van der Waals surface area (Å²) in [5.41, 5.74) is 0.978. The summed E-state index contributed by atoms with van der Waals surface area (Å²) in [4.78, 5) is 0. The van der Waals surface area contributed by atoms with Gasteiger partial charge in [0.1, 0.15) is 6.10 Å². The maximum absolute atomic E-state index is 8.90. The van der Waals surface area contributed by atoms with Gasteiger partial charge in [0.05, 0.1) is 24.5 Å². The van der Waals surface area contributed by atoms with Crippen LogP contribution in [0.5, 0.6) is 0 Å². The minimum absolute atomic E-state index is 0.0219. The highest BCUT2D eigenvalue weighted by molar-refractivity contribution is 5.14. The van der Waals surface area contributed by atoms with E-state index in [-0.39, 0.29) is 12.0 Å². The Bertz CT molecular complexity index is 299. The van der Waals surface area contributed by atoms with E-state index >= 15 is 0 Å². The van der Waals surface area contributed by atoms with Crippen LogP contribution >= 0.6 is 0 Å². The lowest BCUT2D eigenvalue weighted by atomic mass is 9.92. The highest BCUT2D eigenvalue weighted by Gasteiger charge is 2.27. The molecule has 0 N–H and O–H groups in total. The van der Waals surface area contributed by atoms with Crippen molar-refractivity contribution in [2.75, 3.05) is 6.61 Å². The van der Waals surface area contributed by atoms with E-state index in [0.717, 1.165) is 25.0 Å². The van der Waals surface area contributed by atoms with Crippen LogP contribution in [0.15, 0.2) is 23.0 Å². The van der Waals surface area contributed by atoms with E-state index in [1.807, 2.05) is 6.07 Å². The molecule has 2 rings (SSSR count). The summed E-state index contributed by atoms with van der Waals surface area (Å²) >= 11 is 0. The van der Waals surface area contributed by atoms with Crippen LogP contribution in [0.25, 0.3) is 0 Å². The molecule has 1 aliphatic heterocycles. The van der Waals surface area contributed by atoms with Crippen LogP contribution in [0, 0.1) is 17.2 Å². The molecule has 3 heteroatoms. The molecule has 0 bridgehead atoms. The number of hydrogen-bond donors (Lipinski definition) is 0. The van der Waals surface area contributed by atoms with Crippen molar-refractivity contribution in [3.8, 4) is 6.07 Å². The van der Waals surface area contributed by atoms with Gasteiger partial charge in [-0.05, 0) is 18.9 Å². The summed E-state index contributed by atoms with van der Waals surface area (Å²) in [7, 11) is 0. The van der Waals surface area contributed by atoms with Crippen molar-refractivity contribution in [2.24, 2.45) is 5.92 Å². The van der Waals surface area contributed by atoms with Crippen molar-refractivity contribution in [3.05, 3.63) is 24.2 Å². The fourth-order valence-electron chi connectivity index (χ4n) is 1.68. The third kappa shape index (κ3) is 1.58. The molecule has 1 aromatic heterocycles. The standard InChI is InChI=1S/C10H11NO2/c11-6-8-2-1-4-13-10(8)9-3-5-12-7-9/h3,5,7-8,10H,1-2,4H2. The zero-order valence-corrected chi connectivity index (χ0v) is 7.27. The Morgan fingerprint density at radius 1 is 1.54 bits per heavy atom. The molecular weight excluding hydrogens is 166 g/mol. The van der Waals surface area contributed by atoms with Gasteiger partial charge in [0.2, 0.25) is 0 Å². The minimum Gasteiger partial charge on any atom is -0.472 e. The van der Waals surface area contributed by atoms with Gasteiger partial charge in [-0.25, -0.2) is 0 Å². The summed E-state index contributed by atoms with van der Waals surface area (Å²) in [6, 6.07) is 4.14. The maximum Gasteiger partial charge on any atom is 0.101 e. The zero-order chi connectivity index (χ0) is 9.10. The van der Waals surface area contributed by atoms with Gasteiger partial charge in [0, 0.05) is 12.2 Å². The van der Waals surface area contributed by atoms with Crippen LogP contribution in [-0.4, -0.2) is 6.61 Å². The summed E-state index contributed by atoms with van der Waals surface area (Å²) in [6.07, 6.45) is 5.08. The SMILES string of the molecule is N#CC1CCCOC1c1ccoc1. The first-order valence-corrected chi connectivity index (χ1v) is 4.45. The fourth-order valence-corrected chi connectivity index (χ4v) is 1.68. The topological polar surface area (TPSA) is 46.2 Å². The molecule has 3 nitrogen and oxygen atoms in total. The molecule has 0 spiro atoms. The van der Waals surface area contributed by atoms with E-state index in [9.17, 15) is 0 Å². The maximum atomic E-state index is 8.90. The first kappa shape index (κ1) is 8.33. The van der Waals surface area contributed by atoms with Gasteiger partial charge >= 0.3 is 0 Å². The van der Waals surface area contributed by atoms with Gasteiger partial charge < -0.3 is 9.15 Å². The molecule has 2 heterocycles. The van der Waals surface area contributed by atoms with Crippen LogP contribution in [0.4, 0.5) is 0 Å². The van der Waals surface area contributed by atoms with Gasteiger partial charge in [0.25, 0.3) is 0 Å². The first-order chi connectivity index (χ1) is 6.42. The second-order valence-electron chi connectivity index (χ2n) is 3.23. The number of hydrogen-bond acceptors (Lipinski definition) is 3. The molecule has 2 atom stereocenters. The lowest BCUT2D eigenvalue weighted by Crippen LogP contribution is -2.20. The van der Waals surface area contributed by atoms with Gasteiger partial charge in [-0.1, -0.05) is 0 Å². The smallest absolute Gasteiger partial charge is 0.101 e. The Morgan fingerprint density at radius 3 is 3.15 bits per heavy atom. The second-order valence-corrected chi connectivity index (χ2v) is 3.23. The zero-order valence-electron chi connectivity index (χ0n) is 7.27. The number of nitriles is 1. The monoisotopic (exact) mass is 177 g/mol. The molecule has 68 valence electrons. The third-order valence-corrected chi connectivity index (χ3v) is 2.36. The van der Waals surface area contributed by atoms with Crippen molar-refractivity contribution in [3.63, 3.8) is 0 Å². The number of furan rings is 1. The van der Waals surface area contributed by atoms with Gasteiger partial charge in [0.15, 0.2) is 0 Å². The Labute approximate surface area is 76.9 Å². The molecule has 2 unspecified atom stereocenters. The lowest BCUT2D eigenvalue weighted by molar-refractivity contribution is -0.0104. The van der Waals surface area contributed by atoms with Crippen LogP contribution in [-0.2, 0) is 4.74 Å². The third-order valence-electron chi connectivity index (χ3n) is 2.36. The minimum atomic E-state index is -0.0856. The van der Waals surface area contributed by atoms with E-state index < -0.39 is 0 Å². The summed E-state index contributed by atoms with van der Waals surface area (Å²) in [5.74, 6) is -0.0219. The molecule has 1 saturated heterocycles. The molecule has 1 fully saturated rings. The molecule has 0 aromatic carbocycles. The van der Waals surface area contributed by atoms with Gasteiger partial charge in [-0.2, -0.15) is 5.26 Å². The van der Waals surface area contributed by atoms with Crippen LogP contribution < -0.4 is 0 Å². The van der Waals surface area contributed by atoms with Gasteiger partial charge in [-0.3, -0.25) is 0 Å². The molecule has 1 aromatic rings. The Hall–Kier alpha value is -1.27. The number of rotatable bonds is 1. The fraction of sp³-hybridized carbons (Fsp3) is 0.500. The molecule has 0 saturated carbocycles. The lowest BCUT2D eigenvalue weighted by Gasteiger charge is -2.26. The van der Waals surface area contributed by atoms with E-state index in [1.165, 1.54) is 0 Å². The van der Waals surface area contributed by atoms with E-state index in [4.69, 9.17) is 14.4 Å². The Balaban J connectivity index is 2.17. The van der Waals surface area contributed by atoms with Crippen molar-refractivity contribution in [1.82, 2.24) is 0 Å². The highest BCUT2D eigenvalue weighted by atomic mass is 16.5. The summed E-state index contributed by atoms with van der Waals surface area (Å²) < 4.78 is 10.5. The molecule has 0 radical (unpaired) electrons. The largest absolute Gasteiger partial charge is 0.472 e. The number of ether oxygens (including phenoxy) is 1. The Morgan fingerprint density at radius 2 is 2.46 bits per heavy atom. The van der Waals surface area contributed by atoms with E-state index in [0.29, 0.717) is 0 Å². The summed E-state index contributed by atoms with van der Waals surface area (Å²) in [6.45, 7) is 0.744. The van der Waals surface area contributed by atoms with Crippen LogP contribution in [0.1, 0.15) is 24.5 Å². The van der Waals surface area contributed by atoms with Crippen LogP contribution in [0.3, 0.4) is 0 Å². The van der Waals surface area contributed by atoms with Gasteiger partial charge in [-0.15, -0.1) is 0 Å². The average Bonchev–Trinajstić information content (AvgIpc) is 2.70. The number of nitrogens with zero attached hydrogens (tertiary/aromatic N) is 1. The highest BCUT2D eigenvalue weighted by Crippen LogP contribution is 2.33. The van der Waals surface area contributed by atoms with Crippen molar-refractivity contribution >= 4 is 0 Å². The summed E-state index contributed by atoms with van der Waals surface area (Å²) in [5, 5.41) is 8.90. The molecule has 13 heavy (non-hydrogen) atoms. The molecular formula is C10H11NO2. The predicted molar refractivity (Wildman–Crippen MR) is 45.7 cm³/mol. The Kier molecular flexibility index (Phi) is 2.33. The normalized spacial score (nSPS) is 28.2. The van der Waals surface area contributed by atoms with Crippen molar-refractivity contribution < 1.29 is 9.15 Å². The second kappa shape index (κ2) is 3.63. The average molecular weight is 177 g/mol. The van der Waals surface area contributed by atoms with Crippen LogP contribution in [0.2, 0.25) is 0 Å². The molecule has 0 amide bonds. The quantitative estimate of drug-likeness (QED) is 0.661. The molecule has 1 aliphatic rings.